The molecule has 0 saturated carbocycles. The van der Waals surface area contributed by atoms with E-state index in [9.17, 15) is 0 Å². The SMILES string of the molecule is C[Si](C)(C)c1c2ccccc2c(CCc2c3ccccc3c([Si](C)(C)C)c3ccccc23)c2ccccc12. The first-order valence-electron chi connectivity index (χ1n) is 14.0. The third-order valence-corrected chi connectivity index (χ3v) is 12.3. The molecular formula is C36H38Si2. The highest BCUT2D eigenvalue weighted by molar-refractivity contribution is 6.92. The topological polar surface area (TPSA) is 0 Å². The van der Waals surface area contributed by atoms with Crippen molar-refractivity contribution >= 4 is 69.6 Å². The maximum Gasteiger partial charge on any atom is 0.0792 e. The van der Waals surface area contributed by atoms with Gasteiger partial charge in [-0.25, -0.2) is 0 Å². The molecule has 0 unspecified atom stereocenters. The molecule has 6 aromatic carbocycles. The molecule has 0 aliphatic rings. The van der Waals surface area contributed by atoms with Crippen molar-refractivity contribution in [2.24, 2.45) is 0 Å². The molecule has 0 nitrogen and oxygen atoms in total. The van der Waals surface area contributed by atoms with Crippen molar-refractivity contribution in [2.75, 3.05) is 0 Å². The Balaban J connectivity index is 1.61. The van der Waals surface area contributed by atoms with Crippen molar-refractivity contribution in [1.82, 2.24) is 0 Å². The average Bonchev–Trinajstić information content (AvgIpc) is 2.88. The Morgan fingerprint density at radius 1 is 0.342 bits per heavy atom. The van der Waals surface area contributed by atoms with Gasteiger partial charge in [0.2, 0.25) is 0 Å². The predicted molar refractivity (Wildman–Crippen MR) is 176 cm³/mol. The monoisotopic (exact) mass is 526 g/mol. The second kappa shape index (κ2) is 9.22. The van der Waals surface area contributed by atoms with Gasteiger partial charge in [0.25, 0.3) is 0 Å². The quantitative estimate of drug-likeness (QED) is 0.155. The van der Waals surface area contributed by atoms with E-state index in [1.807, 2.05) is 0 Å². The van der Waals surface area contributed by atoms with Gasteiger partial charge in [0.15, 0.2) is 0 Å². The van der Waals surface area contributed by atoms with Crippen molar-refractivity contribution in [2.45, 2.75) is 52.1 Å². The summed E-state index contributed by atoms with van der Waals surface area (Å²) in [5.74, 6) is 0. The second-order valence-corrected chi connectivity index (χ2v) is 22.9. The van der Waals surface area contributed by atoms with Gasteiger partial charge in [0.05, 0.1) is 16.1 Å². The van der Waals surface area contributed by atoms with E-state index in [-0.39, 0.29) is 0 Å². The highest BCUT2D eigenvalue weighted by atomic mass is 28.3. The number of hydrogen-bond acceptors (Lipinski definition) is 0. The molecule has 0 amide bonds. The minimum absolute atomic E-state index is 1.04. The van der Waals surface area contributed by atoms with Gasteiger partial charge >= 0.3 is 0 Å². The molecule has 0 bridgehead atoms. The van der Waals surface area contributed by atoms with Crippen LogP contribution in [0.2, 0.25) is 39.3 Å². The number of benzene rings is 6. The van der Waals surface area contributed by atoms with Crippen molar-refractivity contribution in [3.63, 3.8) is 0 Å². The fourth-order valence-electron chi connectivity index (χ4n) is 6.84. The van der Waals surface area contributed by atoms with E-state index >= 15 is 0 Å². The van der Waals surface area contributed by atoms with E-state index in [1.165, 1.54) is 54.2 Å². The molecule has 0 heterocycles. The fourth-order valence-corrected chi connectivity index (χ4v) is 10.9. The molecule has 0 aliphatic heterocycles. The van der Waals surface area contributed by atoms with E-state index in [0.717, 1.165) is 12.8 Å². The van der Waals surface area contributed by atoms with Gasteiger partial charge in [-0.2, -0.15) is 0 Å². The van der Waals surface area contributed by atoms with Crippen LogP contribution in [-0.4, -0.2) is 16.1 Å². The minimum Gasteiger partial charge on any atom is -0.0656 e. The predicted octanol–water partition coefficient (Wildman–Crippen LogP) is 9.18. The Bertz CT molecular complexity index is 1580. The molecule has 0 spiro atoms. The Hall–Kier alpha value is -3.21. The van der Waals surface area contributed by atoms with Crippen molar-refractivity contribution < 1.29 is 0 Å². The molecule has 38 heavy (non-hydrogen) atoms. The lowest BCUT2D eigenvalue weighted by Crippen LogP contribution is -2.39. The van der Waals surface area contributed by atoms with Gasteiger partial charge in [-0.15, -0.1) is 0 Å². The number of fused-ring (bicyclic) bond motifs is 4. The normalized spacial score (nSPS) is 12.7. The van der Waals surface area contributed by atoms with E-state index in [4.69, 9.17) is 0 Å². The van der Waals surface area contributed by atoms with Gasteiger partial charge in [-0.1, -0.05) is 136 Å². The van der Waals surface area contributed by atoms with Gasteiger partial charge in [-0.3, -0.25) is 0 Å². The largest absolute Gasteiger partial charge is 0.0792 e. The summed E-state index contributed by atoms with van der Waals surface area (Å²) in [5.41, 5.74) is 3.00. The van der Waals surface area contributed by atoms with Gasteiger partial charge in [0.1, 0.15) is 0 Å². The van der Waals surface area contributed by atoms with Crippen molar-refractivity contribution in [1.29, 1.82) is 0 Å². The van der Waals surface area contributed by atoms with Gasteiger partial charge < -0.3 is 0 Å². The number of rotatable bonds is 5. The summed E-state index contributed by atoms with van der Waals surface area (Å²) in [6, 6.07) is 36.7. The van der Waals surface area contributed by atoms with E-state index < -0.39 is 16.1 Å². The highest BCUT2D eigenvalue weighted by Crippen LogP contribution is 2.34. The summed E-state index contributed by atoms with van der Waals surface area (Å²) >= 11 is 0. The molecule has 0 atom stereocenters. The van der Waals surface area contributed by atoms with Crippen LogP contribution in [0, 0.1) is 0 Å². The number of hydrogen-bond donors (Lipinski definition) is 0. The molecule has 0 fully saturated rings. The fraction of sp³-hybridized carbons (Fsp3) is 0.222. The third kappa shape index (κ3) is 4.11. The summed E-state index contributed by atoms with van der Waals surface area (Å²) in [6.45, 7) is 14.9. The van der Waals surface area contributed by atoms with Crippen LogP contribution in [0.15, 0.2) is 97.1 Å². The Morgan fingerprint density at radius 2 is 0.553 bits per heavy atom. The summed E-state index contributed by atoms with van der Waals surface area (Å²) in [7, 11) is -3.13. The van der Waals surface area contributed by atoms with Crippen LogP contribution in [0.5, 0.6) is 0 Å². The molecule has 0 N–H and O–H groups in total. The van der Waals surface area contributed by atoms with Crippen LogP contribution in [0.1, 0.15) is 11.1 Å². The maximum absolute atomic E-state index is 2.49. The first kappa shape index (κ1) is 25.1. The third-order valence-electron chi connectivity index (χ3n) is 8.21. The van der Waals surface area contributed by atoms with E-state index in [0.29, 0.717) is 0 Å². The summed E-state index contributed by atoms with van der Waals surface area (Å²) in [5, 5.41) is 14.8. The van der Waals surface area contributed by atoms with Crippen LogP contribution in [0.25, 0.3) is 43.1 Å². The zero-order chi connectivity index (χ0) is 26.7. The summed E-state index contributed by atoms with van der Waals surface area (Å²) < 4.78 is 0. The number of aryl methyl sites for hydroxylation is 2. The molecular weight excluding hydrogens is 489 g/mol. The average molecular weight is 527 g/mol. The Labute approximate surface area is 229 Å². The molecule has 2 heteroatoms. The maximum atomic E-state index is 2.49. The minimum atomic E-state index is -1.56. The van der Waals surface area contributed by atoms with Crippen LogP contribution >= 0.6 is 0 Å². The smallest absolute Gasteiger partial charge is 0.0656 e. The lowest BCUT2D eigenvalue weighted by molar-refractivity contribution is 0.996. The van der Waals surface area contributed by atoms with Crippen LogP contribution in [0.4, 0.5) is 0 Å². The summed E-state index contributed by atoms with van der Waals surface area (Å²) in [6.07, 6.45) is 2.07. The molecule has 190 valence electrons. The molecule has 0 saturated heterocycles. The molecule has 6 aromatic rings. The Morgan fingerprint density at radius 3 is 0.763 bits per heavy atom. The van der Waals surface area contributed by atoms with E-state index in [1.54, 1.807) is 10.4 Å². The second-order valence-electron chi connectivity index (χ2n) is 12.9. The van der Waals surface area contributed by atoms with Crippen molar-refractivity contribution in [3.8, 4) is 0 Å². The van der Waals surface area contributed by atoms with Gasteiger partial charge in [-0.05, 0) is 77.4 Å². The zero-order valence-electron chi connectivity index (χ0n) is 23.7. The first-order chi connectivity index (χ1) is 18.2. The lowest BCUT2D eigenvalue weighted by atomic mass is 9.89. The highest BCUT2D eigenvalue weighted by Gasteiger charge is 2.26. The standard InChI is InChI=1S/C36H38Si2/c1-37(2,3)35-31-19-11-7-15-25(31)29(26-16-8-12-20-32(26)35)23-24-30-27-17-9-13-21-33(27)36(38(4,5)6)34-22-14-10-18-28(30)34/h7-22H,23-24H2,1-6H3. The first-order valence-corrected chi connectivity index (χ1v) is 21.0. The molecule has 6 rings (SSSR count). The Kier molecular flexibility index (Phi) is 6.09. The van der Waals surface area contributed by atoms with Crippen LogP contribution in [-0.2, 0) is 12.8 Å². The summed E-state index contributed by atoms with van der Waals surface area (Å²) in [4.78, 5) is 0. The van der Waals surface area contributed by atoms with Crippen LogP contribution < -0.4 is 10.4 Å². The van der Waals surface area contributed by atoms with Crippen molar-refractivity contribution in [3.05, 3.63) is 108 Å². The molecule has 0 aromatic heterocycles. The molecule has 0 aliphatic carbocycles. The van der Waals surface area contributed by atoms with Crippen LogP contribution in [0.3, 0.4) is 0 Å². The molecule has 0 radical (unpaired) electrons. The van der Waals surface area contributed by atoms with Gasteiger partial charge in [0, 0.05) is 0 Å². The lowest BCUT2D eigenvalue weighted by Gasteiger charge is -2.26. The zero-order valence-corrected chi connectivity index (χ0v) is 25.7. The van der Waals surface area contributed by atoms with E-state index in [2.05, 4.69) is 136 Å².